The number of ether oxygens (including phenoxy) is 1. The van der Waals surface area contributed by atoms with Gasteiger partial charge in [-0.3, -0.25) is 9.79 Å². The fourth-order valence-corrected chi connectivity index (χ4v) is 3.15. The Bertz CT molecular complexity index is 1260. The van der Waals surface area contributed by atoms with Crippen LogP contribution in [0.4, 0.5) is 15.8 Å². The van der Waals surface area contributed by atoms with E-state index in [2.05, 4.69) is 36.6 Å². The molecule has 0 saturated heterocycles. The molecule has 3 aromatic carbocycles. The van der Waals surface area contributed by atoms with Crippen molar-refractivity contribution in [1.29, 1.82) is 0 Å². The van der Waals surface area contributed by atoms with Gasteiger partial charge in [0.2, 0.25) is 5.91 Å². The number of nitrogens with one attached hydrogen (secondary N) is 1. The summed E-state index contributed by atoms with van der Waals surface area (Å²) >= 11 is 3.36. The molecule has 0 spiro atoms. The van der Waals surface area contributed by atoms with Gasteiger partial charge in [-0.2, -0.15) is 0 Å². The Balaban J connectivity index is 1.30. The molecule has 33 heavy (non-hydrogen) atoms. The lowest BCUT2D eigenvalue weighted by molar-refractivity contribution is -0.116. The highest BCUT2D eigenvalue weighted by atomic mass is 79.9. The maximum Gasteiger partial charge on any atom is 0.246 e. The molecule has 0 aliphatic heterocycles. The molecule has 0 unspecified atom stereocenters. The standard InChI is InChI=1S/C24H19BrFN5O2/c25-18-4-8-21(9-5-18)28-24(32)15-31-14-22(29-30-31)16-33-23-3-1-2-17(12-23)13-27-20-10-6-19(26)7-11-20/h1-14H,15-16H2,(H,28,32). The number of hydrogen-bond donors (Lipinski definition) is 1. The van der Waals surface area contributed by atoms with Crippen molar-refractivity contribution in [1.82, 2.24) is 15.0 Å². The van der Waals surface area contributed by atoms with Gasteiger partial charge >= 0.3 is 0 Å². The van der Waals surface area contributed by atoms with Crippen molar-refractivity contribution in [3.63, 3.8) is 0 Å². The highest BCUT2D eigenvalue weighted by Crippen LogP contribution is 2.17. The molecule has 7 nitrogen and oxygen atoms in total. The Morgan fingerprint density at radius 2 is 1.91 bits per heavy atom. The molecule has 4 aromatic rings. The Kier molecular flexibility index (Phi) is 7.21. The topological polar surface area (TPSA) is 81.4 Å². The summed E-state index contributed by atoms with van der Waals surface area (Å²) in [7, 11) is 0. The molecule has 9 heteroatoms. The van der Waals surface area contributed by atoms with Crippen molar-refractivity contribution in [3.8, 4) is 5.75 Å². The highest BCUT2D eigenvalue weighted by molar-refractivity contribution is 9.10. The molecule has 0 fully saturated rings. The molecule has 1 N–H and O–H groups in total. The van der Waals surface area contributed by atoms with E-state index in [1.807, 2.05) is 36.4 Å². The number of aliphatic imine (C=N–C) groups is 1. The van der Waals surface area contributed by atoms with E-state index in [9.17, 15) is 9.18 Å². The molecule has 0 bridgehead atoms. The van der Waals surface area contributed by atoms with Crippen LogP contribution < -0.4 is 10.1 Å². The summed E-state index contributed by atoms with van der Waals surface area (Å²) in [6, 6.07) is 20.7. The van der Waals surface area contributed by atoms with Crippen molar-refractivity contribution in [2.75, 3.05) is 5.32 Å². The second-order valence-electron chi connectivity index (χ2n) is 7.06. The average Bonchev–Trinajstić information content (AvgIpc) is 3.26. The van der Waals surface area contributed by atoms with Crippen LogP contribution in [0.3, 0.4) is 0 Å². The van der Waals surface area contributed by atoms with Crippen molar-refractivity contribution in [2.45, 2.75) is 13.2 Å². The number of anilines is 1. The summed E-state index contributed by atoms with van der Waals surface area (Å²) in [5, 5.41) is 10.8. The zero-order valence-corrected chi connectivity index (χ0v) is 18.9. The molecule has 166 valence electrons. The summed E-state index contributed by atoms with van der Waals surface area (Å²) in [5.41, 5.74) is 2.79. The van der Waals surface area contributed by atoms with Gasteiger partial charge in [-0.1, -0.05) is 33.3 Å². The van der Waals surface area contributed by atoms with Crippen LogP contribution in [-0.4, -0.2) is 27.1 Å². The van der Waals surface area contributed by atoms with Crippen LogP contribution in [0, 0.1) is 5.82 Å². The SMILES string of the molecule is O=C(Cn1cc(COc2cccc(C=Nc3ccc(F)cc3)c2)nn1)Nc1ccc(Br)cc1. The lowest BCUT2D eigenvalue weighted by atomic mass is 10.2. The third-order valence-corrected chi connectivity index (χ3v) is 4.98. The molecular weight excluding hydrogens is 489 g/mol. The van der Waals surface area contributed by atoms with Crippen molar-refractivity contribution >= 4 is 39.4 Å². The molecule has 0 aliphatic rings. The van der Waals surface area contributed by atoms with E-state index in [0.29, 0.717) is 22.8 Å². The minimum atomic E-state index is -0.300. The minimum absolute atomic E-state index is 0.0401. The third-order valence-electron chi connectivity index (χ3n) is 4.45. The van der Waals surface area contributed by atoms with Gasteiger partial charge in [-0.25, -0.2) is 9.07 Å². The third kappa shape index (κ3) is 6.81. The van der Waals surface area contributed by atoms with Crippen molar-refractivity contribution in [2.24, 2.45) is 4.99 Å². The average molecular weight is 508 g/mol. The molecule has 1 aromatic heterocycles. The van der Waals surface area contributed by atoms with E-state index in [1.54, 1.807) is 36.7 Å². The summed E-state index contributed by atoms with van der Waals surface area (Å²) in [4.78, 5) is 16.5. The first-order chi connectivity index (χ1) is 16.0. The predicted molar refractivity (Wildman–Crippen MR) is 127 cm³/mol. The van der Waals surface area contributed by atoms with Crippen LogP contribution in [0.5, 0.6) is 5.75 Å². The predicted octanol–water partition coefficient (Wildman–Crippen LogP) is 5.15. The highest BCUT2D eigenvalue weighted by Gasteiger charge is 2.08. The fraction of sp³-hybridized carbons (Fsp3) is 0.0833. The molecule has 1 heterocycles. The number of carbonyl (C=O) groups excluding carboxylic acids is 1. The normalized spacial score (nSPS) is 11.0. The van der Waals surface area contributed by atoms with E-state index in [0.717, 1.165) is 10.0 Å². The van der Waals surface area contributed by atoms with Gasteiger partial charge in [0.15, 0.2) is 0 Å². The summed E-state index contributed by atoms with van der Waals surface area (Å²) in [5.74, 6) is 0.134. The van der Waals surface area contributed by atoms with Crippen LogP contribution in [0.2, 0.25) is 0 Å². The molecule has 0 saturated carbocycles. The molecule has 0 atom stereocenters. The number of amides is 1. The van der Waals surface area contributed by atoms with Crippen LogP contribution in [0.25, 0.3) is 0 Å². The van der Waals surface area contributed by atoms with E-state index in [4.69, 9.17) is 4.74 Å². The van der Waals surface area contributed by atoms with Crippen LogP contribution in [0.1, 0.15) is 11.3 Å². The van der Waals surface area contributed by atoms with Crippen molar-refractivity contribution < 1.29 is 13.9 Å². The maximum absolute atomic E-state index is 13.0. The van der Waals surface area contributed by atoms with Gasteiger partial charge in [0.25, 0.3) is 0 Å². The number of aromatic nitrogens is 3. The Morgan fingerprint density at radius 1 is 1.12 bits per heavy atom. The minimum Gasteiger partial charge on any atom is -0.487 e. The first-order valence-electron chi connectivity index (χ1n) is 10.0. The molecule has 1 amide bonds. The number of hydrogen-bond acceptors (Lipinski definition) is 5. The van der Waals surface area contributed by atoms with E-state index in [1.165, 1.54) is 16.8 Å². The van der Waals surface area contributed by atoms with Gasteiger partial charge in [-0.05, 0) is 66.2 Å². The van der Waals surface area contributed by atoms with Gasteiger partial charge in [0.1, 0.15) is 30.4 Å². The van der Waals surface area contributed by atoms with Gasteiger partial charge in [-0.15, -0.1) is 5.10 Å². The lowest BCUT2D eigenvalue weighted by Gasteiger charge is -2.05. The van der Waals surface area contributed by atoms with E-state index < -0.39 is 0 Å². The van der Waals surface area contributed by atoms with Crippen LogP contribution >= 0.6 is 15.9 Å². The van der Waals surface area contributed by atoms with E-state index >= 15 is 0 Å². The van der Waals surface area contributed by atoms with Gasteiger partial charge < -0.3 is 10.1 Å². The summed E-state index contributed by atoms with van der Waals surface area (Å²) in [6.45, 7) is 0.241. The molecule has 4 rings (SSSR count). The zero-order valence-electron chi connectivity index (χ0n) is 17.4. The Labute approximate surface area is 198 Å². The number of nitrogens with zero attached hydrogens (tertiary/aromatic N) is 4. The monoisotopic (exact) mass is 507 g/mol. The van der Waals surface area contributed by atoms with E-state index in [-0.39, 0.29) is 24.9 Å². The largest absolute Gasteiger partial charge is 0.487 e. The summed E-state index contributed by atoms with van der Waals surface area (Å²) in [6.07, 6.45) is 3.35. The number of benzene rings is 3. The smallest absolute Gasteiger partial charge is 0.246 e. The second kappa shape index (κ2) is 10.6. The quantitative estimate of drug-likeness (QED) is 0.334. The fourth-order valence-electron chi connectivity index (χ4n) is 2.88. The number of halogens is 2. The van der Waals surface area contributed by atoms with Gasteiger partial charge in [0, 0.05) is 16.4 Å². The Morgan fingerprint density at radius 3 is 2.70 bits per heavy atom. The summed E-state index contributed by atoms with van der Waals surface area (Å²) < 4.78 is 21.2. The van der Waals surface area contributed by atoms with Crippen molar-refractivity contribution in [3.05, 3.63) is 101 Å². The first-order valence-corrected chi connectivity index (χ1v) is 10.8. The lowest BCUT2D eigenvalue weighted by Crippen LogP contribution is -2.19. The first kappa shape index (κ1) is 22.3. The molecule has 0 aliphatic carbocycles. The second-order valence-corrected chi connectivity index (χ2v) is 7.97. The van der Waals surface area contributed by atoms with Crippen LogP contribution in [0.15, 0.2) is 88.5 Å². The Hall–Kier alpha value is -3.85. The van der Waals surface area contributed by atoms with Gasteiger partial charge in [0.05, 0.1) is 11.9 Å². The number of rotatable bonds is 8. The van der Waals surface area contributed by atoms with Crippen LogP contribution in [-0.2, 0) is 17.9 Å². The molecular formula is C24H19BrFN5O2. The molecule has 0 radical (unpaired) electrons. The number of carbonyl (C=O) groups is 1. The maximum atomic E-state index is 13.0. The zero-order chi connectivity index (χ0) is 23.0.